The Bertz CT molecular complexity index is 174. The average Bonchev–Trinajstić information content (AvgIpc) is 2.40. The Labute approximate surface area is 64.5 Å². The van der Waals surface area contributed by atoms with Crippen molar-refractivity contribution < 1.29 is 5.11 Å². The Hall–Kier alpha value is -0.410. The topological polar surface area (TPSA) is 33.1 Å². The maximum atomic E-state index is 9.20. The Morgan fingerprint density at radius 3 is 3.10 bits per heavy atom. The number of hydrogen-bond acceptors (Lipinski definition) is 3. The van der Waals surface area contributed by atoms with E-state index in [1.807, 2.05) is 12.3 Å². The SMILES string of the molecule is CCC(O)Cc1nccs1. The lowest BCUT2D eigenvalue weighted by atomic mass is 10.2. The Morgan fingerprint density at radius 1 is 1.80 bits per heavy atom. The minimum absolute atomic E-state index is 0.217. The first-order valence-electron chi connectivity index (χ1n) is 3.39. The first-order chi connectivity index (χ1) is 4.83. The molecular formula is C7H11NOS. The van der Waals surface area contributed by atoms with E-state index in [4.69, 9.17) is 0 Å². The predicted octanol–water partition coefficient (Wildman–Crippen LogP) is 1.46. The minimum atomic E-state index is -0.217. The van der Waals surface area contributed by atoms with Gasteiger partial charge < -0.3 is 5.11 Å². The van der Waals surface area contributed by atoms with E-state index in [0.29, 0.717) is 6.42 Å². The van der Waals surface area contributed by atoms with Gasteiger partial charge in [0.05, 0.1) is 11.1 Å². The van der Waals surface area contributed by atoms with Crippen molar-refractivity contribution in [3.63, 3.8) is 0 Å². The van der Waals surface area contributed by atoms with Crippen LogP contribution in [0.2, 0.25) is 0 Å². The van der Waals surface area contributed by atoms with E-state index < -0.39 is 0 Å². The van der Waals surface area contributed by atoms with Gasteiger partial charge in [-0.1, -0.05) is 6.92 Å². The third kappa shape index (κ3) is 2.08. The van der Waals surface area contributed by atoms with Crippen molar-refractivity contribution in [3.8, 4) is 0 Å². The van der Waals surface area contributed by atoms with Crippen molar-refractivity contribution in [2.75, 3.05) is 0 Å². The van der Waals surface area contributed by atoms with Crippen LogP contribution in [0.15, 0.2) is 11.6 Å². The number of aliphatic hydroxyl groups is 1. The van der Waals surface area contributed by atoms with Crippen molar-refractivity contribution in [2.45, 2.75) is 25.9 Å². The molecule has 1 aromatic rings. The van der Waals surface area contributed by atoms with Gasteiger partial charge in [0.15, 0.2) is 0 Å². The summed E-state index contributed by atoms with van der Waals surface area (Å²) in [6.07, 6.45) is 3.06. The number of nitrogens with zero attached hydrogens (tertiary/aromatic N) is 1. The summed E-state index contributed by atoms with van der Waals surface area (Å²) in [5, 5.41) is 12.1. The molecule has 0 aliphatic rings. The molecule has 0 spiro atoms. The van der Waals surface area contributed by atoms with Crippen LogP contribution in [-0.2, 0) is 6.42 Å². The van der Waals surface area contributed by atoms with Gasteiger partial charge in [0.25, 0.3) is 0 Å². The molecule has 0 aliphatic carbocycles. The highest BCUT2D eigenvalue weighted by molar-refractivity contribution is 7.09. The zero-order valence-electron chi connectivity index (χ0n) is 5.95. The van der Waals surface area contributed by atoms with E-state index in [9.17, 15) is 5.11 Å². The Balaban J connectivity index is 2.40. The molecule has 0 saturated carbocycles. The molecule has 0 saturated heterocycles. The van der Waals surface area contributed by atoms with Gasteiger partial charge in [-0.25, -0.2) is 4.98 Å². The molecule has 0 aromatic carbocycles. The van der Waals surface area contributed by atoms with Crippen LogP contribution in [-0.4, -0.2) is 16.2 Å². The number of aliphatic hydroxyl groups excluding tert-OH is 1. The lowest BCUT2D eigenvalue weighted by Crippen LogP contribution is -2.07. The van der Waals surface area contributed by atoms with Crippen LogP contribution in [0.4, 0.5) is 0 Å². The van der Waals surface area contributed by atoms with Crippen molar-refractivity contribution in [3.05, 3.63) is 16.6 Å². The summed E-state index contributed by atoms with van der Waals surface area (Å²) in [6, 6.07) is 0. The van der Waals surface area contributed by atoms with E-state index in [0.717, 1.165) is 11.4 Å². The molecule has 10 heavy (non-hydrogen) atoms. The quantitative estimate of drug-likeness (QED) is 0.720. The molecule has 1 rings (SSSR count). The van der Waals surface area contributed by atoms with Crippen LogP contribution >= 0.6 is 11.3 Å². The second-order valence-corrected chi connectivity index (χ2v) is 3.17. The molecule has 0 radical (unpaired) electrons. The summed E-state index contributed by atoms with van der Waals surface area (Å²) >= 11 is 1.60. The van der Waals surface area contributed by atoms with Crippen LogP contribution in [0.3, 0.4) is 0 Å². The van der Waals surface area contributed by atoms with Crippen LogP contribution in [0.25, 0.3) is 0 Å². The van der Waals surface area contributed by atoms with Gasteiger partial charge in [0.2, 0.25) is 0 Å². The summed E-state index contributed by atoms with van der Waals surface area (Å²) in [5.41, 5.74) is 0. The third-order valence-electron chi connectivity index (χ3n) is 1.36. The summed E-state index contributed by atoms with van der Waals surface area (Å²) in [5.74, 6) is 0. The maximum absolute atomic E-state index is 9.20. The fraction of sp³-hybridized carbons (Fsp3) is 0.571. The van der Waals surface area contributed by atoms with E-state index in [-0.39, 0.29) is 6.10 Å². The van der Waals surface area contributed by atoms with E-state index >= 15 is 0 Å². The highest BCUT2D eigenvalue weighted by Gasteiger charge is 2.03. The lowest BCUT2D eigenvalue weighted by Gasteiger charge is -2.02. The summed E-state index contributed by atoms with van der Waals surface area (Å²) < 4.78 is 0. The molecule has 3 heteroatoms. The third-order valence-corrected chi connectivity index (χ3v) is 2.17. The smallest absolute Gasteiger partial charge is 0.0950 e. The normalized spacial score (nSPS) is 13.4. The lowest BCUT2D eigenvalue weighted by molar-refractivity contribution is 0.170. The molecule has 0 amide bonds. The second-order valence-electron chi connectivity index (χ2n) is 2.19. The molecule has 0 aliphatic heterocycles. The standard InChI is InChI=1S/C7H11NOS/c1-2-6(9)5-7-8-3-4-10-7/h3-4,6,9H,2,5H2,1H3. The Kier molecular flexibility index (Phi) is 2.83. The van der Waals surface area contributed by atoms with Crippen molar-refractivity contribution >= 4 is 11.3 Å². The molecule has 1 aromatic heterocycles. The first-order valence-corrected chi connectivity index (χ1v) is 4.27. The fourth-order valence-electron chi connectivity index (χ4n) is 0.700. The van der Waals surface area contributed by atoms with Crippen LogP contribution < -0.4 is 0 Å². The second kappa shape index (κ2) is 3.68. The van der Waals surface area contributed by atoms with Crippen molar-refractivity contribution in [2.24, 2.45) is 0 Å². The number of thiazole rings is 1. The highest BCUT2D eigenvalue weighted by Crippen LogP contribution is 2.08. The maximum Gasteiger partial charge on any atom is 0.0950 e. The fourth-order valence-corrected chi connectivity index (χ4v) is 1.39. The van der Waals surface area contributed by atoms with Gasteiger partial charge in [-0.05, 0) is 6.42 Å². The summed E-state index contributed by atoms with van der Waals surface area (Å²) in [7, 11) is 0. The summed E-state index contributed by atoms with van der Waals surface area (Å²) in [4.78, 5) is 4.06. The predicted molar refractivity (Wildman–Crippen MR) is 42.1 cm³/mol. The van der Waals surface area contributed by atoms with E-state index in [1.54, 1.807) is 17.5 Å². The molecule has 2 nitrogen and oxygen atoms in total. The largest absolute Gasteiger partial charge is 0.393 e. The summed E-state index contributed by atoms with van der Waals surface area (Å²) in [6.45, 7) is 1.97. The first kappa shape index (κ1) is 7.69. The van der Waals surface area contributed by atoms with Gasteiger partial charge in [0, 0.05) is 18.0 Å². The zero-order chi connectivity index (χ0) is 7.40. The van der Waals surface area contributed by atoms with Crippen LogP contribution in [0.5, 0.6) is 0 Å². The number of aromatic nitrogens is 1. The van der Waals surface area contributed by atoms with Crippen molar-refractivity contribution in [1.82, 2.24) is 4.98 Å². The zero-order valence-corrected chi connectivity index (χ0v) is 6.77. The molecule has 0 bridgehead atoms. The molecule has 1 unspecified atom stereocenters. The van der Waals surface area contributed by atoms with Crippen molar-refractivity contribution in [1.29, 1.82) is 0 Å². The van der Waals surface area contributed by atoms with Crippen LogP contribution in [0, 0.1) is 0 Å². The van der Waals surface area contributed by atoms with E-state index in [1.165, 1.54) is 0 Å². The molecule has 1 heterocycles. The number of hydrogen-bond donors (Lipinski definition) is 1. The molecular weight excluding hydrogens is 146 g/mol. The van der Waals surface area contributed by atoms with Crippen LogP contribution in [0.1, 0.15) is 18.4 Å². The van der Waals surface area contributed by atoms with Gasteiger partial charge in [0.1, 0.15) is 0 Å². The molecule has 1 N–H and O–H groups in total. The molecule has 0 fully saturated rings. The molecule has 56 valence electrons. The van der Waals surface area contributed by atoms with E-state index in [2.05, 4.69) is 4.98 Å². The average molecular weight is 157 g/mol. The Morgan fingerprint density at radius 2 is 2.60 bits per heavy atom. The highest BCUT2D eigenvalue weighted by atomic mass is 32.1. The van der Waals surface area contributed by atoms with Gasteiger partial charge >= 0.3 is 0 Å². The minimum Gasteiger partial charge on any atom is -0.393 e. The monoisotopic (exact) mass is 157 g/mol. The molecule has 1 atom stereocenters. The van der Waals surface area contributed by atoms with Gasteiger partial charge in [-0.2, -0.15) is 0 Å². The van der Waals surface area contributed by atoms with Gasteiger partial charge in [-0.15, -0.1) is 11.3 Å². The number of rotatable bonds is 3. The van der Waals surface area contributed by atoms with Gasteiger partial charge in [-0.3, -0.25) is 0 Å².